The van der Waals surface area contributed by atoms with E-state index in [-0.39, 0.29) is 12.8 Å². The van der Waals surface area contributed by atoms with Crippen LogP contribution in [0.4, 0.5) is 8.78 Å². The molecule has 1 heterocycles. The Morgan fingerprint density at radius 2 is 0.919 bits per heavy atom. The summed E-state index contributed by atoms with van der Waals surface area (Å²) < 4.78 is 41.2. The van der Waals surface area contributed by atoms with E-state index in [1.807, 2.05) is 0 Å². The van der Waals surface area contributed by atoms with Gasteiger partial charge in [0.25, 0.3) is 5.91 Å². The number of aliphatic hydroxyl groups is 6. The van der Waals surface area contributed by atoms with E-state index in [4.69, 9.17) is 9.47 Å². The molecule has 0 aromatic rings. The molecule has 0 radical (unpaired) electrons. The second-order valence-electron chi connectivity index (χ2n) is 18.7. The molecule has 7 N–H and O–H groups in total. The number of halogens is 2. The van der Waals surface area contributed by atoms with Crippen molar-refractivity contribution >= 4 is 5.91 Å². The summed E-state index contributed by atoms with van der Waals surface area (Å²) in [6, 6.07) is -1.50. The van der Waals surface area contributed by atoms with Crippen molar-refractivity contribution in [1.29, 1.82) is 0 Å². The van der Waals surface area contributed by atoms with Gasteiger partial charge in [-0.1, -0.05) is 226 Å². The molecule has 1 rings (SSSR count). The number of alkyl halides is 2. The zero-order chi connectivity index (χ0) is 45.7. The molecule has 1 saturated heterocycles. The Morgan fingerprint density at radius 3 is 1.29 bits per heavy atom. The molecule has 1 amide bonds. The van der Waals surface area contributed by atoms with Crippen molar-refractivity contribution in [2.24, 2.45) is 0 Å². The maximum Gasteiger partial charge on any atom is 0.324 e. The fourth-order valence-electron chi connectivity index (χ4n) is 8.61. The topological polar surface area (TPSA) is 169 Å². The Bertz CT molecular complexity index is 1010. The van der Waals surface area contributed by atoms with Gasteiger partial charge in [0, 0.05) is 6.42 Å². The lowest BCUT2D eigenvalue weighted by Gasteiger charge is -2.40. The number of nitrogens with one attached hydrogen (secondary N) is 1. The lowest BCUT2D eigenvalue weighted by molar-refractivity contribution is -0.303. The largest absolute Gasteiger partial charge is 0.394 e. The summed E-state index contributed by atoms with van der Waals surface area (Å²) in [5, 5.41) is 64.3. The lowest BCUT2D eigenvalue weighted by atomic mass is 9.98. The highest BCUT2D eigenvalue weighted by Gasteiger charge is 2.45. The van der Waals surface area contributed by atoms with Gasteiger partial charge < -0.3 is 45.4 Å². The van der Waals surface area contributed by atoms with Gasteiger partial charge in [0.05, 0.1) is 25.4 Å². The van der Waals surface area contributed by atoms with Crippen LogP contribution in [0.3, 0.4) is 0 Å². The van der Waals surface area contributed by atoms with Gasteiger partial charge in [0.15, 0.2) is 6.29 Å². The number of aliphatic hydroxyl groups excluding tert-OH is 6. The Hall–Kier alpha value is -0.990. The fraction of sp³-hybridized carbons (Fsp3) is 0.980. The van der Waals surface area contributed by atoms with Crippen LogP contribution in [-0.4, -0.2) is 105 Å². The van der Waals surface area contributed by atoms with Crippen molar-refractivity contribution in [1.82, 2.24) is 5.32 Å². The fourth-order valence-corrected chi connectivity index (χ4v) is 8.61. The van der Waals surface area contributed by atoms with E-state index in [9.17, 15) is 35.4 Å². The molecule has 1 aliphatic heterocycles. The average molecular weight is 894 g/mol. The number of carbonyl (C=O) groups excluding carboxylic acids is 1. The first-order valence-corrected chi connectivity index (χ1v) is 26.0. The maximum atomic E-state index is 15.2. The monoisotopic (exact) mass is 894 g/mol. The highest BCUT2D eigenvalue weighted by Crippen LogP contribution is 2.26. The molecule has 0 bridgehead atoms. The van der Waals surface area contributed by atoms with Gasteiger partial charge in [0.2, 0.25) is 0 Å². The molecule has 1 aliphatic rings. The SMILES string of the molecule is CCCCCCCCCCCCCCCCCCCCCCCCC(F)(F)C(=O)N[C@@H](COC1OC(CO)C(O)C(O)C1O)[C@H](O)[C@H](O)CCCCCCCCCCCCCC. The van der Waals surface area contributed by atoms with Crippen LogP contribution in [0.2, 0.25) is 0 Å². The van der Waals surface area contributed by atoms with E-state index in [0.717, 1.165) is 51.4 Å². The summed E-state index contributed by atoms with van der Waals surface area (Å²) in [5.41, 5.74) is 0. The molecule has 0 saturated carbocycles. The molecule has 370 valence electrons. The number of amides is 1. The van der Waals surface area contributed by atoms with E-state index >= 15 is 8.78 Å². The van der Waals surface area contributed by atoms with Crippen LogP contribution in [0.5, 0.6) is 0 Å². The summed E-state index contributed by atoms with van der Waals surface area (Å²) in [6.07, 6.45) is 28.3. The second kappa shape index (κ2) is 39.2. The summed E-state index contributed by atoms with van der Waals surface area (Å²) >= 11 is 0. The number of carbonyl (C=O) groups is 1. The maximum absolute atomic E-state index is 15.2. The highest BCUT2D eigenvalue weighted by molar-refractivity contribution is 5.83. The van der Waals surface area contributed by atoms with Crippen LogP contribution in [0.1, 0.15) is 245 Å². The van der Waals surface area contributed by atoms with Crippen LogP contribution in [0.25, 0.3) is 0 Å². The first-order valence-electron chi connectivity index (χ1n) is 26.0. The molecule has 8 atom stereocenters. The first-order chi connectivity index (χ1) is 30.0. The van der Waals surface area contributed by atoms with Gasteiger partial charge in [-0.2, -0.15) is 8.78 Å². The zero-order valence-electron chi connectivity index (χ0n) is 39.7. The molecule has 12 heteroatoms. The molecule has 0 spiro atoms. The van der Waals surface area contributed by atoms with Gasteiger partial charge in [-0.05, 0) is 12.8 Å². The quantitative estimate of drug-likeness (QED) is 0.0294. The Morgan fingerprint density at radius 1 is 0.565 bits per heavy atom. The molecule has 0 aromatic carbocycles. The predicted octanol–water partition coefficient (Wildman–Crippen LogP) is 10.7. The Kier molecular flexibility index (Phi) is 37.3. The van der Waals surface area contributed by atoms with E-state index < -0.39 is 80.4 Å². The minimum Gasteiger partial charge on any atom is -0.394 e. The molecule has 1 fully saturated rings. The van der Waals surface area contributed by atoms with Gasteiger partial charge >= 0.3 is 5.92 Å². The number of hydrogen-bond acceptors (Lipinski definition) is 9. The average Bonchev–Trinajstić information content (AvgIpc) is 3.26. The van der Waals surface area contributed by atoms with Crippen molar-refractivity contribution in [3.05, 3.63) is 0 Å². The Balaban J connectivity index is 2.39. The minimum atomic E-state index is -3.73. The molecular formula is C50H97F2NO9. The van der Waals surface area contributed by atoms with Crippen LogP contribution < -0.4 is 5.32 Å². The Labute approximate surface area is 377 Å². The van der Waals surface area contributed by atoms with E-state index in [1.165, 1.54) is 148 Å². The van der Waals surface area contributed by atoms with Crippen molar-refractivity contribution in [2.75, 3.05) is 13.2 Å². The number of hydrogen-bond donors (Lipinski definition) is 7. The number of unbranched alkanes of at least 4 members (excludes halogenated alkanes) is 32. The lowest BCUT2D eigenvalue weighted by Crippen LogP contribution is -2.60. The van der Waals surface area contributed by atoms with Gasteiger partial charge in [-0.25, -0.2) is 0 Å². The third kappa shape index (κ3) is 28.8. The molecule has 5 unspecified atom stereocenters. The van der Waals surface area contributed by atoms with Gasteiger partial charge in [-0.3, -0.25) is 4.79 Å². The third-order valence-corrected chi connectivity index (χ3v) is 12.9. The molecule has 10 nitrogen and oxygen atoms in total. The molecular weight excluding hydrogens is 797 g/mol. The number of ether oxygens (including phenoxy) is 2. The van der Waals surface area contributed by atoms with Crippen LogP contribution in [0.15, 0.2) is 0 Å². The smallest absolute Gasteiger partial charge is 0.324 e. The van der Waals surface area contributed by atoms with E-state index in [1.54, 1.807) is 0 Å². The van der Waals surface area contributed by atoms with Crippen molar-refractivity contribution in [3.63, 3.8) is 0 Å². The third-order valence-electron chi connectivity index (χ3n) is 12.9. The number of rotatable bonds is 44. The van der Waals surface area contributed by atoms with Crippen molar-refractivity contribution in [3.8, 4) is 0 Å². The first kappa shape index (κ1) is 59.0. The molecule has 0 aromatic heterocycles. The summed E-state index contributed by atoms with van der Waals surface area (Å²) in [5.74, 6) is -5.32. The summed E-state index contributed by atoms with van der Waals surface area (Å²) in [6.45, 7) is 3.13. The van der Waals surface area contributed by atoms with Gasteiger partial charge in [-0.15, -0.1) is 0 Å². The zero-order valence-corrected chi connectivity index (χ0v) is 39.7. The summed E-state index contributed by atoms with van der Waals surface area (Å²) in [7, 11) is 0. The molecule has 62 heavy (non-hydrogen) atoms. The van der Waals surface area contributed by atoms with Crippen LogP contribution >= 0.6 is 0 Å². The van der Waals surface area contributed by atoms with Crippen molar-refractivity contribution in [2.45, 2.75) is 300 Å². The minimum absolute atomic E-state index is 0.162. The van der Waals surface area contributed by atoms with Crippen molar-refractivity contribution < 1.29 is 53.7 Å². The summed E-state index contributed by atoms with van der Waals surface area (Å²) in [4.78, 5) is 12.9. The normalized spacial score (nSPS) is 21.0. The predicted molar refractivity (Wildman–Crippen MR) is 246 cm³/mol. The second-order valence-corrected chi connectivity index (χ2v) is 18.7. The standard InChI is InChI=1S/C50H97F2NO9/c1-3-5-7-9-11-13-15-17-18-19-20-21-22-23-24-25-26-28-30-32-34-36-38-50(51,52)49(60)53-41(40-61-48-47(59)46(58)45(57)43(39-54)62-48)44(56)42(55)37-35-33-31-29-27-16-14-12-10-8-6-4-2/h41-48,54-59H,3-40H2,1-2H3,(H,53,60)/t41-,42+,43?,44-,45?,46?,47?,48?/m0/s1. The van der Waals surface area contributed by atoms with E-state index in [2.05, 4.69) is 19.2 Å². The highest BCUT2D eigenvalue weighted by atomic mass is 19.3. The van der Waals surface area contributed by atoms with E-state index in [0.29, 0.717) is 12.8 Å². The molecule has 0 aliphatic carbocycles. The van der Waals surface area contributed by atoms with Gasteiger partial charge in [0.1, 0.15) is 30.5 Å². The van der Waals surface area contributed by atoms with Crippen LogP contribution in [-0.2, 0) is 14.3 Å². The van der Waals surface area contributed by atoms with Crippen LogP contribution in [0, 0.1) is 0 Å².